The molecule has 0 atom stereocenters. The molecule has 4 heteroatoms. The first-order valence-corrected chi connectivity index (χ1v) is 5.72. The fourth-order valence-electron chi connectivity index (χ4n) is 2.03. The number of aromatic nitrogens is 2. The fourth-order valence-corrected chi connectivity index (χ4v) is 2.03. The molecule has 0 aliphatic heterocycles. The van der Waals surface area contributed by atoms with Crippen molar-refractivity contribution in [3.63, 3.8) is 0 Å². The van der Waals surface area contributed by atoms with E-state index in [0.717, 1.165) is 16.9 Å². The number of benzene rings is 1. The van der Waals surface area contributed by atoms with Crippen LogP contribution in [0.4, 0.5) is 0 Å². The Morgan fingerprint density at radius 2 is 2.00 bits per heavy atom. The summed E-state index contributed by atoms with van der Waals surface area (Å²) < 4.78 is 6.80. The van der Waals surface area contributed by atoms with Crippen molar-refractivity contribution in [2.24, 2.45) is 7.05 Å². The number of ketones is 1. The number of aryl methyl sites for hydroxylation is 3. The molecule has 0 spiro atoms. The van der Waals surface area contributed by atoms with Crippen LogP contribution in [0, 0.1) is 13.8 Å². The van der Waals surface area contributed by atoms with Gasteiger partial charge in [0.25, 0.3) is 0 Å². The Bertz CT molecular complexity index is 580. The Labute approximate surface area is 106 Å². The van der Waals surface area contributed by atoms with E-state index < -0.39 is 0 Å². The second kappa shape index (κ2) is 4.64. The molecule has 4 nitrogen and oxygen atoms in total. The van der Waals surface area contributed by atoms with Crippen molar-refractivity contribution < 1.29 is 9.53 Å². The van der Waals surface area contributed by atoms with E-state index in [-0.39, 0.29) is 5.78 Å². The third-order valence-electron chi connectivity index (χ3n) is 2.99. The van der Waals surface area contributed by atoms with Gasteiger partial charge in [-0.15, -0.1) is 0 Å². The molecule has 0 bridgehead atoms. The maximum Gasteiger partial charge on any atom is 0.211 e. The maximum absolute atomic E-state index is 12.4. The Balaban J connectivity index is 2.44. The zero-order chi connectivity index (χ0) is 13.3. The monoisotopic (exact) mass is 244 g/mol. The minimum absolute atomic E-state index is 0.0155. The molecule has 0 saturated heterocycles. The second-order valence-corrected chi connectivity index (χ2v) is 4.31. The Hall–Kier alpha value is -2.10. The number of rotatable bonds is 3. The lowest BCUT2D eigenvalue weighted by Gasteiger charge is -2.07. The van der Waals surface area contributed by atoms with Gasteiger partial charge in [0.1, 0.15) is 11.4 Å². The molecule has 0 amide bonds. The summed E-state index contributed by atoms with van der Waals surface area (Å²) >= 11 is 0. The van der Waals surface area contributed by atoms with Crippen molar-refractivity contribution in [2.75, 3.05) is 7.11 Å². The quantitative estimate of drug-likeness (QED) is 0.778. The highest BCUT2D eigenvalue weighted by Gasteiger charge is 2.16. The standard InChI is InChI=1S/C14H16N2O2/c1-9-7-11(5-6-12(9)18-4)14(17)13-10(2)8-15-16(13)3/h5-8H,1-4H3. The van der Waals surface area contributed by atoms with E-state index in [1.165, 1.54) is 0 Å². The Kier molecular flexibility index (Phi) is 3.19. The number of methoxy groups -OCH3 is 1. The molecule has 1 aromatic heterocycles. The van der Waals surface area contributed by atoms with Gasteiger partial charge in [-0.1, -0.05) is 0 Å². The number of hydrogen-bond donors (Lipinski definition) is 0. The average molecular weight is 244 g/mol. The third kappa shape index (κ3) is 2.01. The summed E-state index contributed by atoms with van der Waals surface area (Å²) in [4.78, 5) is 12.4. The maximum atomic E-state index is 12.4. The Morgan fingerprint density at radius 3 is 2.50 bits per heavy atom. The summed E-state index contributed by atoms with van der Waals surface area (Å²) in [5, 5.41) is 4.09. The number of carbonyl (C=O) groups is 1. The van der Waals surface area contributed by atoms with Crippen LogP contribution in [0.2, 0.25) is 0 Å². The summed E-state index contributed by atoms with van der Waals surface area (Å²) in [5.74, 6) is 0.770. The van der Waals surface area contributed by atoms with Crippen molar-refractivity contribution in [3.05, 3.63) is 46.8 Å². The van der Waals surface area contributed by atoms with E-state index in [1.807, 2.05) is 26.0 Å². The highest BCUT2D eigenvalue weighted by molar-refractivity contribution is 6.08. The van der Waals surface area contributed by atoms with Crippen molar-refractivity contribution in [1.82, 2.24) is 9.78 Å². The topological polar surface area (TPSA) is 44.1 Å². The summed E-state index contributed by atoms with van der Waals surface area (Å²) in [5.41, 5.74) is 3.11. The van der Waals surface area contributed by atoms with Gasteiger partial charge < -0.3 is 4.74 Å². The normalized spacial score (nSPS) is 10.4. The second-order valence-electron chi connectivity index (χ2n) is 4.31. The van der Waals surface area contributed by atoms with Gasteiger partial charge >= 0.3 is 0 Å². The summed E-state index contributed by atoms with van der Waals surface area (Å²) in [6, 6.07) is 5.43. The van der Waals surface area contributed by atoms with Crippen LogP contribution in [0.25, 0.3) is 0 Å². The van der Waals surface area contributed by atoms with E-state index >= 15 is 0 Å². The molecule has 0 aliphatic rings. The van der Waals surface area contributed by atoms with Gasteiger partial charge in [-0.3, -0.25) is 9.48 Å². The van der Waals surface area contributed by atoms with Crippen LogP contribution in [0.3, 0.4) is 0 Å². The van der Waals surface area contributed by atoms with Gasteiger partial charge in [-0.05, 0) is 43.2 Å². The number of carbonyl (C=O) groups excluding carboxylic acids is 1. The Morgan fingerprint density at radius 1 is 1.28 bits per heavy atom. The van der Waals surface area contributed by atoms with Gasteiger partial charge in [-0.2, -0.15) is 5.10 Å². The molecule has 0 unspecified atom stereocenters. The molecule has 2 aromatic rings. The van der Waals surface area contributed by atoms with E-state index in [4.69, 9.17) is 4.74 Å². The van der Waals surface area contributed by atoms with Gasteiger partial charge in [0.15, 0.2) is 0 Å². The molecule has 0 aliphatic carbocycles. The number of ether oxygens (including phenoxy) is 1. The molecular formula is C14H16N2O2. The van der Waals surface area contributed by atoms with Gasteiger partial charge in [0, 0.05) is 12.6 Å². The van der Waals surface area contributed by atoms with Crippen molar-refractivity contribution >= 4 is 5.78 Å². The summed E-state index contributed by atoms with van der Waals surface area (Å²) in [6.45, 7) is 3.81. The van der Waals surface area contributed by atoms with Crippen LogP contribution in [-0.2, 0) is 7.05 Å². The predicted molar refractivity (Wildman–Crippen MR) is 69.1 cm³/mol. The van der Waals surface area contributed by atoms with Crippen LogP contribution in [0.5, 0.6) is 5.75 Å². The minimum atomic E-state index is -0.0155. The van der Waals surface area contributed by atoms with Crippen molar-refractivity contribution in [3.8, 4) is 5.75 Å². The molecule has 0 fully saturated rings. The third-order valence-corrected chi connectivity index (χ3v) is 2.99. The average Bonchev–Trinajstić information content (AvgIpc) is 2.68. The molecule has 1 heterocycles. The van der Waals surface area contributed by atoms with E-state index in [2.05, 4.69) is 5.10 Å². The van der Waals surface area contributed by atoms with Crippen molar-refractivity contribution in [2.45, 2.75) is 13.8 Å². The molecule has 0 radical (unpaired) electrons. The lowest BCUT2D eigenvalue weighted by Crippen LogP contribution is -2.10. The van der Waals surface area contributed by atoms with Crippen molar-refractivity contribution in [1.29, 1.82) is 0 Å². The van der Waals surface area contributed by atoms with Crippen LogP contribution < -0.4 is 4.74 Å². The minimum Gasteiger partial charge on any atom is -0.496 e. The van der Waals surface area contributed by atoms with Gasteiger partial charge in [-0.25, -0.2) is 0 Å². The van der Waals surface area contributed by atoms with Crippen LogP contribution >= 0.6 is 0 Å². The first-order valence-electron chi connectivity index (χ1n) is 5.72. The number of hydrogen-bond acceptors (Lipinski definition) is 3. The summed E-state index contributed by atoms with van der Waals surface area (Å²) in [7, 11) is 3.39. The lowest BCUT2D eigenvalue weighted by atomic mass is 10.0. The largest absolute Gasteiger partial charge is 0.496 e. The smallest absolute Gasteiger partial charge is 0.211 e. The van der Waals surface area contributed by atoms with Gasteiger partial charge in [0.2, 0.25) is 5.78 Å². The van der Waals surface area contributed by atoms with Crippen LogP contribution in [0.15, 0.2) is 24.4 Å². The number of nitrogens with zero attached hydrogens (tertiary/aromatic N) is 2. The zero-order valence-electron chi connectivity index (χ0n) is 11.0. The highest BCUT2D eigenvalue weighted by Crippen LogP contribution is 2.21. The molecule has 94 valence electrons. The van der Waals surface area contributed by atoms with E-state index in [0.29, 0.717) is 11.3 Å². The van der Waals surface area contributed by atoms with E-state index in [1.54, 1.807) is 31.1 Å². The molecule has 2 rings (SSSR count). The van der Waals surface area contributed by atoms with Crippen LogP contribution in [-0.4, -0.2) is 22.7 Å². The molecule has 0 saturated carbocycles. The van der Waals surface area contributed by atoms with Crippen LogP contribution in [0.1, 0.15) is 27.2 Å². The van der Waals surface area contributed by atoms with E-state index in [9.17, 15) is 4.79 Å². The molecular weight excluding hydrogens is 228 g/mol. The first kappa shape index (κ1) is 12.4. The molecule has 1 aromatic carbocycles. The SMILES string of the molecule is COc1ccc(C(=O)c2c(C)cnn2C)cc1C. The predicted octanol–water partition coefficient (Wildman–Crippen LogP) is 2.28. The zero-order valence-corrected chi connectivity index (χ0v) is 11.0. The molecule has 18 heavy (non-hydrogen) atoms. The lowest BCUT2D eigenvalue weighted by molar-refractivity contribution is 0.102. The fraction of sp³-hybridized carbons (Fsp3) is 0.286. The highest BCUT2D eigenvalue weighted by atomic mass is 16.5. The van der Waals surface area contributed by atoms with Gasteiger partial charge in [0.05, 0.1) is 13.3 Å². The summed E-state index contributed by atoms with van der Waals surface area (Å²) in [6.07, 6.45) is 1.70. The first-order chi connectivity index (χ1) is 8.54. The molecule has 0 N–H and O–H groups in total.